The first-order chi connectivity index (χ1) is 10.4. The number of rotatable bonds is 4. The normalized spacial score (nSPS) is 19.8. The van der Waals surface area contributed by atoms with Crippen LogP contribution >= 0.6 is 34.4 Å². The number of hydrogen-bond acceptors (Lipinski definition) is 6. The number of benzene rings is 1. The van der Waals surface area contributed by atoms with E-state index in [-0.39, 0.29) is 17.3 Å². The van der Waals surface area contributed by atoms with Gasteiger partial charge in [0.15, 0.2) is 5.17 Å². The fourth-order valence-corrected chi connectivity index (χ4v) is 3.47. The summed E-state index contributed by atoms with van der Waals surface area (Å²) in [4.78, 5) is 22.1. The van der Waals surface area contributed by atoms with E-state index in [4.69, 9.17) is 5.11 Å². The molecular formula is C13H12IN3O4S. The van der Waals surface area contributed by atoms with E-state index in [1.807, 2.05) is 6.07 Å². The van der Waals surface area contributed by atoms with E-state index in [1.54, 1.807) is 13.0 Å². The molecule has 116 valence electrons. The SMILES string of the molecule is Cc1cc(I)cc(C=NN=C2NC(=O)C(CC(=O)O)S2)c1O. The summed E-state index contributed by atoms with van der Waals surface area (Å²) < 4.78 is 0.951. The van der Waals surface area contributed by atoms with E-state index >= 15 is 0 Å². The highest BCUT2D eigenvalue weighted by atomic mass is 127. The van der Waals surface area contributed by atoms with E-state index < -0.39 is 17.1 Å². The minimum absolute atomic E-state index is 0.122. The van der Waals surface area contributed by atoms with E-state index in [0.717, 1.165) is 20.9 Å². The van der Waals surface area contributed by atoms with Gasteiger partial charge >= 0.3 is 5.97 Å². The summed E-state index contributed by atoms with van der Waals surface area (Å²) in [5, 5.41) is 28.3. The first kappa shape index (κ1) is 16.7. The van der Waals surface area contributed by atoms with Gasteiger partial charge in [0.2, 0.25) is 5.91 Å². The summed E-state index contributed by atoms with van der Waals surface area (Å²) in [6.07, 6.45) is 1.12. The number of phenols is 1. The zero-order valence-electron chi connectivity index (χ0n) is 11.4. The van der Waals surface area contributed by atoms with Gasteiger partial charge in [0.1, 0.15) is 11.0 Å². The average molecular weight is 433 g/mol. The Morgan fingerprint density at radius 3 is 2.95 bits per heavy atom. The van der Waals surface area contributed by atoms with Crippen molar-refractivity contribution in [2.75, 3.05) is 0 Å². The molecule has 1 aromatic rings. The maximum atomic E-state index is 11.5. The van der Waals surface area contributed by atoms with E-state index in [2.05, 4.69) is 38.1 Å². The van der Waals surface area contributed by atoms with Crippen LogP contribution in [0.1, 0.15) is 17.5 Å². The summed E-state index contributed by atoms with van der Waals surface area (Å²) in [6.45, 7) is 1.78. The number of carboxylic acids is 1. The molecule has 0 spiro atoms. The van der Waals surface area contributed by atoms with Crippen molar-refractivity contribution in [2.24, 2.45) is 10.2 Å². The molecule has 3 N–H and O–H groups in total. The van der Waals surface area contributed by atoms with Gasteiger partial charge in [-0.1, -0.05) is 11.8 Å². The second kappa shape index (κ2) is 7.09. The summed E-state index contributed by atoms with van der Waals surface area (Å²) in [6, 6.07) is 3.59. The predicted molar refractivity (Wildman–Crippen MR) is 92.4 cm³/mol. The van der Waals surface area contributed by atoms with Crippen molar-refractivity contribution in [2.45, 2.75) is 18.6 Å². The van der Waals surface area contributed by atoms with Crippen LogP contribution in [0, 0.1) is 10.5 Å². The Balaban J connectivity index is 2.09. The molecule has 22 heavy (non-hydrogen) atoms. The molecule has 1 saturated heterocycles. The van der Waals surface area contributed by atoms with Crippen LogP contribution in [0.5, 0.6) is 5.75 Å². The number of carbonyl (C=O) groups is 2. The molecule has 1 unspecified atom stereocenters. The number of aliphatic carboxylic acids is 1. The number of carbonyl (C=O) groups excluding carboxylic acids is 1. The summed E-state index contributed by atoms with van der Waals surface area (Å²) >= 11 is 3.15. The topological polar surface area (TPSA) is 111 Å². The molecule has 1 atom stereocenters. The minimum Gasteiger partial charge on any atom is -0.507 e. The molecule has 2 rings (SSSR count). The van der Waals surface area contributed by atoms with Crippen LogP contribution in [-0.2, 0) is 9.59 Å². The van der Waals surface area contributed by atoms with Gasteiger partial charge < -0.3 is 15.5 Å². The zero-order valence-corrected chi connectivity index (χ0v) is 14.4. The molecule has 1 heterocycles. The fourth-order valence-electron chi connectivity index (χ4n) is 1.75. The lowest BCUT2D eigenvalue weighted by Gasteiger charge is -2.03. The van der Waals surface area contributed by atoms with Crippen molar-refractivity contribution in [3.05, 3.63) is 26.8 Å². The highest BCUT2D eigenvalue weighted by Crippen LogP contribution is 2.24. The molecule has 9 heteroatoms. The van der Waals surface area contributed by atoms with Crippen molar-refractivity contribution in [3.8, 4) is 5.75 Å². The third kappa shape index (κ3) is 4.19. The first-order valence-electron chi connectivity index (χ1n) is 6.16. The fraction of sp³-hybridized carbons (Fsp3) is 0.231. The number of carboxylic acid groups (broad SMARTS) is 1. The molecule has 0 aromatic heterocycles. The maximum absolute atomic E-state index is 11.5. The van der Waals surface area contributed by atoms with E-state index in [0.29, 0.717) is 5.56 Å². The number of amidine groups is 1. The minimum atomic E-state index is -1.04. The van der Waals surface area contributed by atoms with Gasteiger partial charge in [-0.2, -0.15) is 5.10 Å². The van der Waals surface area contributed by atoms with Crippen LogP contribution in [0.4, 0.5) is 0 Å². The lowest BCUT2D eigenvalue weighted by atomic mass is 10.1. The average Bonchev–Trinajstić information content (AvgIpc) is 2.75. The third-order valence-corrected chi connectivity index (χ3v) is 4.47. The monoisotopic (exact) mass is 433 g/mol. The molecule has 0 saturated carbocycles. The van der Waals surface area contributed by atoms with Crippen molar-refractivity contribution >= 4 is 57.6 Å². The Kier molecular flexibility index (Phi) is 5.40. The highest BCUT2D eigenvalue weighted by molar-refractivity contribution is 14.1. The predicted octanol–water partition coefficient (Wildman–Crippen LogP) is 1.70. The Labute approximate surface area is 144 Å². The molecule has 0 bridgehead atoms. The Bertz CT molecular complexity index is 690. The third-order valence-electron chi connectivity index (χ3n) is 2.78. The number of amides is 1. The van der Waals surface area contributed by atoms with Gasteiger partial charge in [0.25, 0.3) is 0 Å². The second-order valence-corrected chi connectivity index (χ2v) is 6.94. The van der Waals surface area contributed by atoms with Gasteiger partial charge in [0, 0.05) is 9.13 Å². The smallest absolute Gasteiger partial charge is 0.305 e. The Morgan fingerprint density at radius 1 is 1.55 bits per heavy atom. The molecule has 1 amide bonds. The van der Waals surface area contributed by atoms with Gasteiger partial charge in [-0.05, 0) is 47.2 Å². The molecule has 1 aromatic carbocycles. The number of aromatic hydroxyl groups is 1. The summed E-state index contributed by atoms with van der Waals surface area (Å²) in [7, 11) is 0. The van der Waals surface area contributed by atoms with Crippen LogP contribution in [0.3, 0.4) is 0 Å². The Morgan fingerprint density at radius 2 is 2.27 bits per heavy atom. The van der Waals surface area contributed by atoms with Gasteiger partial charge in [-0.3, -0.25) is 9.59 Å². The first-order valence-corrected chi connectivity index (χ1v) is 8.12. The van der Waals surface area contributed by atoms with E-state index in [1.165, 1.54) is 6.21 Å². The van der Waals surface area contributed by atoms with Crippen LogP contribution < -0.4 is 5.32 Å². The molecule has 1 aliphatic rings. The van der Waals surface area contributed by atoms with Crippen molar-refractivity contribution in [1.29, 1.82) is 0 Å². The van der Waals surface area contributed by atoms with Gasteiger partial charge in [-0.25, -0.2) is 0 Å². The largest absolute Gasteiger partial charge is 0.507 e. The number of aryl methyl sites for hydroxylation is 1. The van der Waals surface area contributed by atoms with E-state index in [9.17, 15) is 14.7 Å². The zero-order chi connectivity index (χ0) is 16.3. The van der Waals surface area contributed by atoms with Crippen LogP contribution in [-0.4, -0.2) is 38.7 Å². The molecule has 1 fully saturated rings. The van der Waals surface area contributed by atoms with Crippen molar-refractivity contribution in [3.63, 3.8) is 0 Å². The number of halogens is 1. The maximum Gasteiger partial charge on any atom is 0.305 e. The quantitative estimate of drug-likeness (QED) is 0.380. The number of nitrogens with zero attached hydrogens (tertiary/aromatic N) is 2. The lowest BCUT2D eigenvalue weighted by Crippen LogP contribution is -2.26. The van der Waals surface area contributed by atoms with Crippen LogP contribution in [0.25, 0.3) is 0 Å². The van der Waals surface area contributed by atoms with Crippen molar-refractivity contribution < 1.29 is 19.8 Å². The standard InChI is InChI=1S/C13H12IN3O4S/c1-6-2-8(14)3-7(11(6)20)5-15-17-13-16-12(21)9(22-13)4-10(18)19/h2-3,5,9,20H,4H2,1H3,(H,18,19)(H,16,17,21). The number of phenolic OH excluding ortho intramolecular Hbond substituents is 1. The second-order valence-electron chi connectivity index (χ2n) is 4.50. The molecule has 0 radical (unpaired) electrons. The highest BCUT2D eigenvalue weighted by Gasteiger charge is 2.32. The van der Waals surface area contributed by atoms with Gasteiger partial charge in [0.05, 0.1) is 12.6 Å². The van der Waals surface area contributed by atoms with Gasteiger partial charge in [-0.15, -0.1) is 5.10 Å². The molecule has 0 aliphatic carbocycles. The molecule has 1 aliphatic heterocycles. The lowest BCUT2D eigenvalue weighted by molar-refractivity contribution is -0.138. The van der Waals surface area contributed by atoms with Crippen LogP contribution in [0.2, 0.25) is 0 Å². The number of thioether (sulfide) groups is 1. The van der Waals surface area contributed by atoms with Crippen molar-refractivity contribution in [1.82, 2.24) is 5.32 Å². The van der Waals surface area contributed by atoms with Crippen LogP contribution in [0.15, 0.2) is 22.3 Å². The Hall–Kier alpha value is -1.62. The summed E-state index contributed by atoms with van der Waals surface area (Å²) in [5.74, 6) is -1.32. The summed E-state index contributed by atoms with van der Waals surface area (Å²) in [5.41, 5.74) is 1.25. The molecular weight excluding hydrogens is 421 g/mol. The number of hydrogen-bond donors (Lipinski definition) is 3. The molecule has 7 nitrogen and oxygen atoms in total. The number of nitrogens with one attached hydrogen (secondary N) is 1.